The number of ether oxygens (including phenoxy) is 1. The second kappa shape index (κ2) is 9.92. The Labute approximate surface area is 198 Å². The SMILES string of the molecule is Cc1ccc(NC(=O)c2cnc(-c3ccccc3)nc2OCc2ccc(F)c(C(F)(F)F)c2)cc1. The van der Waals surface area contributed by atoms with Crippen LogP contribution in [0.5, 0.6) is 5.88 Å². The van der Waals surface area contributed by atoms with Gasteiger partial charge in [-0.25, -0.2) is 9.37 Å². The monoisotopic (exact) mass is 481 g/mol. The van der Waals surface area contributed by atoms with Crippen LogP contribution in [0.1, 0.15) is 27.0 Å². The molecule has 0 fully saturated rings. The van der Waals surface area contributed by atoms with Gasteiger partial charge in [-0.2, -0.15) is 18.2 Å². The number of hydrogen-bond acceptors (Lipinski definition) is 4. The maximum absolute atomic E-state index is 13.6. The molecule has 35 heavy (non-hydrogen) atoms. The minimum absolute atomic E-state index is 0.0107. The quantitative estimate of drug-likeness (QED) is 0.322. The smallest absolute Gasteiger partial charge is 0.419 e. The van der Waals surface area contributed by atoms with Gasteiger partial charge in [0.1, 0.15) is 18.0 Å². The molecular weight excluding hydrogens is 462 g/mol. The molecular formula is C26H19F4N3O2. The van der Waals surface area contributed by atoms with Crippen LogP contribution in [0.2, 0.25) is 0 Å². The number of carbonyl (C=O) groups is 1. The number of alkyl halides is 3. The van der Waals surface area contributed by atoms with Crippen molar-refractivity contribution in [3.63, 3.8) is 0 Å². The molecule has 5 nitrogen and oxygen atoms in total. The summed E-state index contributed by atoms with van der Waals surface area (Å²) in [4.78, 5) is 21.5. The van der Waals surface area contributed by atoms with E-state index in [1.807, 2.05) is 25.1 Å². The molecule has 0 saturated carbocycles. The van der Waals surface area contributed by atoms with Crippen LogP contribution in [0.4, 0.5) is 23.2 Å². The first-order chi connectivity index (χ1) is 16.7. The number of benzene rings is 3. The molecule has 0 aliphatic rings. The summed E-state index contributed by atoms with van der Waals surface area (Å²) in [5.74, 6) is -1.80. The lowest BCUT2D eigenvalue weighted by Gasteiger charge is -2.14. The van der Waals surface area contributed by atoms with Crippen LogP contribution in [-0.2, 0) is 12.8 Å². The summed E-state index contributed by atoms with van der Waals surface area (Å²) in [6.45, 7) is 1.53. The van der Waals surface area contributed by atoms with E-state index in [9.17, 15) is 22.4 Å². The van der Waals surface area contributed by atoms with E-state index < -0.39 is 23.5 Å². The molecule has 178 valence electrons. The lowest BCUT2D eigenvalue weighted by atomic mass is 10.1. The fourth-order valence-corrected chi connectivity index (χ4v) is 3.22. The molecule has 1 heterocycles. The van der Waals surface area contributed by atoms with Crippen molar-refractivity contribution in [3.05, 3.63) is 107 Å². The molecule has 0 aliphatic carbocycles. The molecule has 0 saturated heterocycles. The van der Waals surface area contributed by atoms with E-state index in [4.69, 9.17) is 4.74 Å². The van der Waals surface area contributed by atoms with Crippen molar-refractivity contribution in [3.8, 4) is 17.3 Å². The molecule has 3 aromatic carbocycles. The van der Waals surface area contributed by atoms with Gasteiger partial charge in [0, 0.05) is 17.4 Å². The molecule has 1 amide bonds. The molecule has 0 spiro atoms. The summed E-state index contributed by atoms with van der Waals surface area (Å²) in [7, 11) is 0. The Bertz CT molecular complexity index is 1340. The molecule has 9 heteroatoms. The van der Waals surface area contributed by atoms with E-state index in [-0.39, 0.29) is 29.4 Å². The molecule has 1 aromatic heterocycles. The Kier molecular flexibility index (Phi) is 6.77. The van der Waals surface area contributed by atoms with Gasteiger partial charge in [-0.1, -0.05) is 54.1 Å². The number of rotatable bonds is 6. The van der Waals surface area contributed by atoms with Gasteiger partial charge in [0.2, 0.25) is 5.88 Å². The predicted molar refractivity (Wildman–Crippen MR) is 122 cm³/mol. The first kappa shape index (κ1) is 23.9. The van der Waals surface area contributed by atoms with Crippen LogP contribution in [0, 0.1) is 12.7 Å². The Morgan fingerprint density at radius 2 is 1.71 bits per heavy atom. The fraction of sp³-hybridized carbons (Fsp3) is 0.115. The maximum Gasteiger partial charge on any atom is 0.419 e. The van der Waals surface area contributed by atoms with Crippen molar-refractivity contribution in [2.75, 3.05) is 5.32 Å². The van der Waals surface area contributed by atoms with Crippen molar-refractivity contribution >= 4 is 11.6 Å². The number of aromatic nitrogens is 2. The lowest BCUT2D eigenvalue weighted by Crippen LogP contribution is -2.16. The van der Waals surface area contributed by atoms with E-state index in [0.717, 1.165) is 11.6 Å². The summed E-state index contributed by atoms with van der Waals surface area (Å²) in [6.07, 6.45) is -3.56. The minimum Gasteiger partial charge on any atom is -0.472 e. The highest BCUT2D eigenvalue weighted by atomic mass is 19.4. The summed E-state index contributed by atoms with van der Waals surface area (Å²) < 4.78 is 58.5. The van der Waals surface area contributed by atoms with Gasteiger partial charge in [0.05, 0.1) is 5.56 Å². The Balaban J connectivity index is 1.65. The van der Waals surface area contributed by atoms with Crippen LogP contribution in [0.25, 0.3) is 11.4 Å². The molecule has 0 atom stereocenters. The van der Waals surface area contributed by atoms with Crippen LogP contribution < -0.4 is 10.1 Å². The standard InChI is InChI=1S/C26H19F4N3O2/c1-16-7-10-19(11-8-16)32-24(34)20-14-31-23(18-5-3-2-4-6-18)33-25(20)35-15-17-9-12-22(27)21(13-17)26(28,29)30/h2-14H,15H2,1H3,(H,32,34). The highest BCUT2D eigenvalue weighted by Crippen LogP contribution is 2.32. The summed E-state index contributed by atoms with van der Waals surface area (Å²) in [5.41, 5.74) is 0.853. The second-order valence-corrected chi connectivity index (χ2v) is 7.70. The lowest BCUT2D eigenvalue weighted by molar-refractivity contribution is -0.140. The Morgan fingerprint density at radius 1 is 1.00 bits per heavy atom. The second-order valence-electron chi connectivity index (χ2n) is 7.70. The molecule has 0 aliphatic heterocycles. The van der Waals surface area contributed by atoms with Crippen LogP contribution >= 0.6 is 0 Å². The van der Waals surface area contributed by atoms with Gasteiger partial charge >= 0.3 is 6.18 Å². The Hall–Kier alpha value is -4.27. The van der Waals surface area contributed by atoms with Crippen molar-refractivity contribution in [1.29, 1.82) is 0 Å². The number of nitrogens with one attached hydrogen (secondary N) is 1. The Morgan fingerprint density at radius 3 is 2.40 bits per heavy atom. The van der Waals surface area contributed by atoms with Crippen molar-refractivity contribution in [2.24, 2.45) is 0 Å². The normalized spacial score (nSPS) is 11.2. The first-order valence-corrected chi connectivity index (χ1v) is 10.5. The first-order valence-electron chi connectivity index (χ1n) is 10.5. The average Bonchev–Trinajstić information content (AvgIpc) is 2.84. The third-order valence-corrected chi connectivity index (χ3v) is 5.05. The number of carbonyl (C=O) groups excluding carboxylic acids is 1. The molecule has 0 unspecified atom stereocenters. The molecule has 4 aromatic rings. The van der Waals surface area contributed by atoms with Gasteiger partial charge in [-0.05, 0) is 36.8 Å². The largest absolute Gasteiger partial charge is 0.472 e. The predicted octanol–water partition coefficient (Wildman–Crippen LogP) is 6.44. The number of nitrogens with zero attached hydrogens (tertiary/aromatic N) is 2. The molecule has 0 bridgehead atoms. The third-order valence-electron chi connectivity index (χ3n) is 5.05. The topological polar surface area (TPSA) is 64.1 Å². The van der Waals surface area contributed by atoms with Gasteiger partial charge in [0.25, 0.3) is 5.91 Å². The number of hydrogen-bond donors (Lipinski definition) is 1. The number of aryl methyl sites for hydroxylation is 1. The van der Waals surface area contributed by atoms with Crippen molar-refractivity contribution in [1.82, 2.24) is 9.97 Å². The summed E-state index contributed by atoms with van der Waals surface area (Å²) >= 11 is 0. The summed E-state index contributed by atoms with van der Waals surface area (Å²) in [6, 6.07) is 18.6. The summed E-state index contributed by atoms with van der Waals surface area (Å²) in [5, 5.41) is 2.72. The number of amides is 1. The highest BCUT2D eigenvalue weighted by Gasteiger charge is 2.34. The zero-order valence-electron chi connectivity index (χ0n) is 18.4. The van der Waals surface area contributed by atoms with Crippen molar-refractivity contribution in [2.45, 2.75) is 19.7 Å². The van der Waals surface area contributed by atoms with Gasteiger partial charge in [-0.15, -0.1) is 0 Å². The maximum atomic E-state index is 13.6. The van der Waals surface area contributed by atoms with Crippen LogP contribution in [-0.4, -0.2) is 15.9 Å². The number of halogens is 4. The van der Waals surface area contributed by atoms with E-state index in [2.05, 4.69) is 15.3 Å². The highest BCUT2D eigenvalue weighted by molar-refractivity contribution is 6.05. The minimum atomic E-state index is -4.85. The van der Waals surface area contributed by atoms with Crippen LogP contribution in [0.15, 0.2) is 79.0 Å². The molecule has 0 radical (unpaired) electrons. The van der Waals surface area contributed by atoms with Crippen LogP contribution in [0.3, 0.4) is 0 Å². The molecule has 1 N–H and O–H groups in total. The van der Waals surface area contributed by atoms with Gasteiger partial charge < -0.3 is 10.1 Å². The zero-order valence-corrected chi connectivity index (χ0v) is 18.4. The fourth-order valence-electron chi connectivity index (χ4n) is 3.22. The van der Waals surface area contributed by atoms with E-state index in [1.165, 1.54) is 12.3 Å². The molecule has 4 rings (SSSR count). The zero-order chi connectivity index (χ0) is 25.0. The van der Waals surface area contributed by atoms with Gasteiger partial charge in [0.15, 0.2) is 5.82 Å². The average molecular weight is 481 g/mol. The number of anilines is 1. The van der Waals surface area contributed by atoms with E-state index in [0.29, 0.717) is 17.3 Å². The third kappa shape index (κ3) is 5.81. The van der Waals surface area contributed by atoms with Crippen molar-refractivity contribution < 1.29 is 27.1 Å². The van der Waals surface area contributed by atoms with E-state index in [1.54, 1.807) is 36.4 Å². The van der Waals surface area contributed by atoms with E-state index >= 15 is 0 Å². The van der Waals surface area contributed by atoms with Gasteiger partial charge in [-0.3, -0.25) is 4.79 Å².